The molecular formula is C12H17F2NOS. The van der Waals surface area contributed by atoms with Crippen LogP contribution in [0.3, 0.4) is 0 Å². The molecule has 0 aliphatic heterocycles. The summed E-state index contributed by atoms with van der Waals surface area (Å²) in [5.41, 5.74) is 0.913. The molecule has 1 aromatic carbocycles. The number of hydrogen-bond acceptors (Lipinski definition) is 3. The van der Waals surface area contributed by atoms with Gasteiger partial charge in [-0.25, -0.2) is 0 Å². The minimum absolute atomic E-state index is 0.198. The zero-order valence-corrected chi connectivity index (χ0v) is 10.8. The monoisotopic (exact) mass is 261 g/mol. The van der Waals surface area contributed by atoms with Crippen LogP contribution in [0.25, 0.3) is 0 Å². The molecule has 0 heterocycles. The molecule has 0 saturated heterocycles. The molecule has 0 amide bonds. The summed E-state index contributed by atoms with van der Waals surface area (Å²) in [5.74, 6) is -2.37. The van der Waals surface area contributed by atoms with Crippen LogP contribution < -0.4 is 5.32 Å². The minimum atomic E-state index is -2.37. The highest BCUT2D eigenvalue weighted by molar-refractivity contribution is 7.99. The first-order valence-corrected chi connectivity index (χ1v) is 6.39. The third-order valence-electron chi connectivity index (χ3n) is 2.06. The van der Waals surface area contributed by atoms with Gasteiger partial charge in [-0.1, -0.05) is 11.8 Å². The molecule has 0 radical (unpaired) electrons. The minimum Gasteiger partial charge on any atom is -0.380 e. The average Bonchev–Trinajstić information content (AvgIpc) is 2.28. The molecule has 0 aromatic heterocycles. The first-order chi connectivity index (χ1) is 8.11. The summed E-state index contributed by atoms with van der Waals surface area (Å²) in [6, 6.07) is 7.17. The highest BCUT2D eigenvalue weighted by atomic mass is 32.2. The van der Waals surface area contributed by atoms with Crippen LogP contribution in [0.4, 0.5) is 14.5 Å². The fourth-order valence-corrected chi connectivity index (χ4v) is 1.85. The van der Waals surface area contributed by atoms with Crippen molar-refractivity contribution < 1.29 is 13.5 Å². The van der Waals surface area contributed by atoms with Gasteiger partial charge in [0.05, 0.1) is 6.61 Å². The Labute approximate surface area is 105 Å². The van der Waals surface area contributed by atoms with Gasteiger partial charge in [0.15, 0.2) is 0 Å². The predicted octanol–water partition coefficient (Wildman–Crippen LogP) is 3.84. The van der Waals surface area contributed by atoms with Crippen LogP contribution >= 0.6 is 11.8 Å². The van der Waals surface area contributed by atoms with Crippen molar-refractivity contribution >= 4 is 17.4 Å². The van der Waals surface area contributed by atoms with E-state index >= 15 is 0 Å². The Morgan fingerprint density at radius 2 is 1.94 bits per heavy atom. The van der Waals surface area contributed by atoms with E-state index in [0.717, 1.165) is 5.69 Å². The second kappa shape index (κ2) is 7.50. The highest BCUT2D eigenvalue weighted by Crippen LogP contribution is 2.26. The SMILES string of the molecule is CCOCC(C)Nc1ccc(SC(F)F)cc1. The summed E-state index contributed by atoms with van der Waals surface area (Å²) in [4.78, 5) is 0.572. The number of benzene rings is 1. The van der Waals surface area contributed by atoms with Gasteiger partial charge in [0.1, 0.15) is 0 Å². The zero-order chi connectivity index (χ0) is 12.7. The lowest BCUT2D eigenvalue weighted by Gasteiger charge is -2.15. The van der Waals surface area contributed by atoms with Gasteiger partial charge in [0.2, 0.25) is 0 Å². The molecule has 0 aliphatic carbocycles. The van der Waals surface area contributed by atoms with Crippen molar-refractivity contribution in [2.24, 2.45) is 0 Å². The van der Waals surface area contributed by atoms with Crippen LogP contribution in [0.2, 0.25) is 0 Å². The number of halogens is 2. The number of rotatable bonds is 7. The predicted molar refractivity (Wildman–Crippen MR) is 67.9 cm³/mol. The first-order valence-electron chi connectivity index (χ1n) is 5.51. The Hall–Kier alpha value is -0.810. The van der Waals surface area contributed by atoms with Crippen LogP contribution in [0.15, 0.2) is 29.2 Å². The van der Waals surface area contributed by atoms with Crippen molar-refractivity contribution in [3.8, 4) is 0 Å². The molecule has 0 fully saturated rings. The molecule has 1 unspecified atom stereocenters. The van der Waals surface area contributed by atoms with Gasteiger partial charge in [-0.2, -0.15) is 8.78 Å². The summed E-state index contributed by atoms with van der Waals surface area (Å²) in [6.07, 6.45) is 0. The topological polar surface area (TPSA) is 21.3 Å². The van der Waals surface area contributed by atoms with Gasteiger partial charge < -0.3 is 10.1 Å². The molecule has 96 valence electrons. The Balaban J connectivity index is 2.44. The summed E-state index contributed by atoms with van der Waals surface area (Å²) in [7, 11) is 0. The number of anilines is 1. The van der Waals surface area contributed by atoms with Crippen LogP contribution in [0.1, 0.15) is 13.8 Å². The molecule has 0 aliphatic rings. The molecular weight excluding hydrogens is 244 g/mol. The summed E-state index contributed by atoms with van der Waals surface area (Å²) >= 11 is 0.554. The molecule has 2 nitrogen and oxygen atoms in total. The van der Waals surface area contributed by atoms with Crippen molar-refractivity contribution in [3.63, 3.8) is 0 Å². The highest BCUT2D eigenvalue weighted by Gasteiger charge is 2.05. The maximum atomic E-state index is 12.1. The summed E-state index contributed by atoms with van der Waals surface area (Å²) in [6.45, 7) is 5.28. The van der Waals surface area contributed by atoms with Crippen molar-refractivity contribution in [2.75, 3.05) is 18.5 Å². The Kier molecular flexibility index (Phi) is 6.29. The average molecular weight is 261 g/mol. The Morgan fingerprint density at radius 1 is 1.29 bits per heavy atom. The smallest absolute Gasteiger partial charge is 0.288 e. The quantitative estimate of drug-likeness (QED) is 0.753. The Morgan fingerprint density at radius 3 is 2.47 bits per heavy atom. The van der Waals surface area contributed by atoms with E-state index in [-0.39, 0.29) is 6.04 Å². The number of ether oxygens (including phenoxy) is 1. The van der Waals surface area contributed by atoms with Crippen molar-refractivity contribution in [3.05, 3.63) is 24.3 Å². The van der Waals surface area contributed by atoms with Crippen LogP contribution in [-0.4, -0.2) is 25.0 Å². The third-order valence-corrected chi connectivity index (χ3v) is 2.79. The van der Waals surface area contributed by atoms with Gasteiger partial charge in [0.25, 0.3) is 5.76 Å². The van der Waals surface area contributed by atoms with Crippen molar-refractivity contribution in [1.82, 2.24) is 0 Å². The van der Waals surface area contributed by atoms with Gasteiger partial charge >= 0.3 is 0 Å². The molecule has 0 bridgehead atoms. The van der Waals surface area contributed by atoms with E-state index in [1.807, 2.05) is 13.8 Å². The Bertz CT molecular complexity index is 319. The van der Waals surface area contributed by atoms with Gasteiger partial charge in [-0.05, 0) is 38.1 Å². The van der Waals surface area contributed by atoms with Crippen LogP contribution in [0.5, 0.6) is 0 Å². The van der Waals surface area contributed by atoms with E-state index in [2.05, 4.69) is 5.32 Å². The normalized spacial score (nSPS) is 12.8. The van der Waals surface area contributed by atoms with E-state index in [1.165, 1.54) is 0 Å². The second-order valence-electron chi connectivity index (χ2n) is 3.61. The molecule has 1 N–H and O–H groups in total. The van der Waals surface area contributed by atoms with Crippen molar-refractivity contribution in [2.45, 2.75) is 30.5 Å². The fourth-order valence-electron chi connectivity index (χ4n) is 1.35. The summed E-state index contributed by atoms with van der Waals surface area (Å²) in [5, 5.41) is 3.24. The van der Waals surface area contributed by atoms with E-state index in [1.54, 1.807) is 24.3 Å². The third kappa shape index (κ3) is 5.89. The fraction of sp³-hybridized carbons (Fsp3) is 0.500. The first kappa shape index (κ1) is 14.3. The lowest BCUT2D eigenvalue weighted by Crippen LogP contribution is -2.21. The lowest BCUT2D eigenvalue weighted by molar-refractivity contribution is 0.141. The van der Waals surface area contributed by atoms with E-state index in [9.17, 15) is 8.78 Å². The maximum absolute atomic E-state index is 12.1. The molecule has 17 heavy (non-hydrogen) atoms. The molecule has 1 aromatic rings. The number of nitrogens with one attached hydrogen (secondary N) is 1. The number of alkyl halides is 2. The van der Waals surface area contributed by atoms with Crippen LogP contribution in [-0.2, 0) is 4.74 Å². The largest absolute Gasteiger partial charge is 0.380 e. The molecule has 1 rings (SSSR count). The standard InChI is InChI=1S/C12H17F2NOS/c1-3-16-8-9(2)15-10-4-6-11(7-5-10)17-12(13)14/h4-7,9,12,15H,3,8H2,1-2H3. The molecule has 0 saturated carbocycles. The van der Waals surface area contributed by atoms with E-state index in [0.29, 0.717) is 29.9 Å². The number of thioether (sulfide) groups is 1. The lowest BCUT2D eigenvalue weighted by atomic mass is 10.3. The number of hydrogen-bond donors (Lipinski definition) is 1. The van der Waals surface area contributed by atoms with Crippen LogP contribution in [0, 0.1) is 0 Å². The molecule has 5 heteroatoms. The second-order valence-corrected chi connectivity index (χ2v) is 4.67. The maximum Gasteiger partial charge on any atom is 0.288 e. The van der Waals surface area contributed by atoms with Gasteiger partial charge in [-0.3, -0.25) is 0 Å². The van der Waals surface area contributed by atoms with Crippen molar-refractivity contribution in [1.29, 1.82) is 0 Å². The van der Waals surface area contributed by atoms with Gasteiger partial charge in [-0.15, -0.1) is 0 Å². The van der Waals surface area contributed by atoms with E-state index in [4.69, 9.17) is 4.74 Å². The molecule has 0 spiro atoms. The van der Waals surface area contributed by atoms with E-state index < -0.39 is 5.76 Å². The zero-order valence-electron chi connectivity index (χ0n) is 9.95. The molecule has 1 atom stereocenters. The summed E-state index contributed by atoms with van der Waals surface area (Å²) < 4.78 is 29.5. The van der Waals surface area contributed by atoms with Gasteiger partial charge in [0, 0.05) is 23.2 Å².